The van der Waals surface area contributed by atoms with Gasteiger partial charge in [-0.2, -0.15) is 0 Å². The number of carbonyl (C=O) groups excluding carboxylic acids is 1. The highest BCUT2D eigenvalue weighted by Gasteiger charge is 2.38. The van der Waals surface area contributed by atoms with E-state index < -0.39 is 15.4 Å². The quantitative estimate of drug-likeness (QED) is 0.774. The lowest BCUT2D eigenvalue weighted by atomic mass is 9.73. The number of benzene rings is 1. The molecule has 0 radical (unpaired) electrons. The number of rotatable bonds is 4. The van der Waals surface area contributed by atoms with E-state index in [9.17, 15) is 13.2 Å². The third kappa shape index (κ3) is 3.42. The smallest absolute Gasteiger partial charge is 0.240 e. The van der Waals surface area contributed by atoms with E-state index in [-0.39, 0.29) is 23.0 Å². The zero-order chi connectivity index (χ0) is 15.5. The molecule has 0 spiro atoms. The van der Waals surface area contributed by atoms with Gasteiger partial charge in [-0.05, 0) is 25.0 Å². The third-order valence-electron chi connectivity index (χ3n) is 4.12. The van der Waals surface area contributed by atoms with Gasteiger partial charge in [0.25, 0.3) is 0 Å². The largest absolute Gasteiger partial charge is 0.329 e. The molecule has 0 aliphatic heterocycles. The van der Waals surface area contributed by atoms with Crippen LogP contribution in [0.5, 0.6) is 0 Å². The van der Waals surface area contributed by atoms with Crippen molar-refractivity contribution in [1.29, 1.82) is 0 Å². The summed E-state index contributed by atoms with van der Waals surface area (Å²) in [6, 6.07) is 6.13. The van der Waals surface area contributed by atoms with Crippen molar-refractivity contribution in [3.63, 3.8) is 0 Å². The van der Waals surface area contributed by atoms with Gasteiger partial charge < -0.3 is 11.1 Å². The average molecular weight is 311 g/mol. The molecule has 1 aromatic rings. The molecule has 1 amide bonds. The van der Waals surface area contributed by atoms with Crippen LogP contribution in [0.4, 0.5) is 5.69 Å². The van der Waals surface area contributed by atoms with Gasteiger partial charge in [-0.25, -0.2) is 13.6 Å². The van der Waals surface area contributed by atoms with Gasteiger partial charge in [0.1, 0.15) is 4.90 Å². The molecule has 1 fully saturated rings. The first kappa shape index (κ1) is 15.9. The van der Waals surface area contributed by atoms with Crippen LogP contribution in [-0.4, -0.2) is 20.9 Å². The molecule has 0 bridgehead atoms. The number of para-hydroxylation sites is 1. The predicted octanol–water partition coefficient (Wildman–Crippen LogP) is 1.18. The molecule has 21 heavy (non-hydrogen) atoms. The number of nitrogens with one attached hydrogen (secondary N) is 1. The van der Waals surface area contributed by atoms with E-state index >= 15 is 0 Å². The lowest BCUT2D eigenvalue weighted by Crippen LogP contribution is -2.44. The normalized spacial score (nSPS) is 18.2. The summed E-state index contributed by atoms with van der Waals surface area (Å²) in [6.07, 6.45) is 4.48. The number of amides is 1. The molecule has 1 saturated carbocycles. The topological polar surface area (TPSA) is 115 Å². The van der Waals surface area contributed by atoms with Crippen LogP contribution in [0.1, 0.15) is 32.1 Å². The molecule has 7 heteroatoms. The third-order valence-corrected chi connectivity index (χ3v) is 5.09. The van der Waals surface area contributed by atoms with Gasteiger partial charge in [0.05, 0.1) is 11.1 Å². The van der Waals surface area contributed by atoms with E-state index in [4.69, 9.17) is 10.9 Å². The monoisotopic (exact) mass is 311 g/mol. The zero-order valence-electron chi connectivity index (χ0n) is 11.8. The SMILES string of the molecule is NCC1(C(=O)Nc2ccccc2S(N)(=O)=O)CCCCC1. The fourth-order valence-electron chi connectivity index (χ4n) is 2.83. The van der Waals surface area contributed by atoms with Gasteiger partial charge in [-0.15, -0.1) is 0 Å². The molecular formula is C14H21N3O3S. The second-order valence-electron chi connectivity index (χ2n) is 5.54. The van der Waals surface area contributed by atoms with Gasteiger partial charge in [-0.1, -0.05) is 31.4 Å². The van der Waals surface area contributed by atoms with Crippen LogP contribution in [0.3, 0.4) is 0 Å². The van der Waals surface area contributed by atoms with Crippen LogP contribution in [0.2, 0.25) is 0 Å². The number of sulfonamides is 1. The molecule has 5 N–H and O–H groups in total. The number of anilines is 1. The van der Waals surface area contributed by atoms with Crippen molar-refractivity contribution in [3.05, 3.63) is 24.3 Å². The van der Waals surface area contributed by atoms with Crippen molar-refractivity contribution < 1.29 is 13.2 Å². The lowest BCUT2D eigenvalue weighted by molar-refractivity contribution is -0.126. The Morgan fingerprint density at radius 3 is 2.38 bits per heavy atom. The first-order valence-corrected chi connectivity index (χ1v) is 8.57. The molecule has 6 nitrogen and oxygen atoms in total. The van der Waals surface area contributed by atoms with E-state index in [1.165, 1.54) is 12.1 Å². The zero-order valence-corrected chi connectivity index (χ0v) is 12.7. The first-order valence-electron chi connectivity index (χ1n) is 7.02. The van der Waals surface area contributed by atoms with Crippen LogP contribution < -0.4 is 16.2 Å². The summed E-state index contributed by atoms with van der Waals surface area (Å²) in [5, 5.41) is 7.87. The molecule has 2 rings (SSSR count). The summed E-state index contributed by atoms with van der Waals surface area (Å²) in [6.45, 7) is 0.260. The number of hydrogen-bond acceptors (Lipinski definition) is 4. The molecule has 0 heterocycles. The van der Waals surface area contributed by atoms with Crippen LogP contribution in [0.25, 0.3) is 0 Å². The van der Waals surface area contributed by atoms with Gasteiger partial charge in [0.2, 0.25) is 15.9 Å². The maximum Gasteiger partial charge on any atom is 0.240 e. The van der Waals surface area contributed by atoms with E-state index in [1.54, 1.807) is 12.1 Å². The van der Waals surface area contributed by atoms with Crippen molar-refractivity contribution in [2.45, 2.75) is 37.0 Å². The van der Waals surface area contributed by atoms with Crippen molar-refractivity contribution in [2.75, 3.05) is 11.9 Å². The highest BCUT2D eigenvalue weighted by Crippen LogP contribution is 2.36. The van der Waals surface area contributed by atoms with E-state index in [2.05, 4.69) is 5.32 Å². The summed E-state index contributed by atoms with van der Waals surface area (Å²) in [4.78, 5) is 12.5. The maximum absolute atomic E-state index is 12.6. The summed E-state index contributed by atoms with van der Waals surface area (Å²) >= 11 is 0. The first-order chi connectivity index (χ1) is 9.89. The molecule has 0 unspecified atom stereocenters. The van der Waals surface area contributed by atoms with E-state index in [0.717, 1.165) is 32.1 Å². The van der Waals surface area contributed by atoms with E-state index in [0.29, 0.717) is 0 Å². The Hall–Kier alpha value is -1.44. The maximum atomic E-state index is 12.6. The minimum atomic E-state index is -3.88. The van der Waals surface area contributed by atoms with Gasteiger partial charge in [-0.3, -0.25) is 4.79 Å². The van der Waals surface area contributed by atoms with Crippen LogP contribution in [-0.2, 0) is 14.8 Å². The van der Waals surface area contributed by atoms with Gasteiger partial charge >= 0.3 is 0 Å². The molecule has 0 saturated heterocycles. The van der Waals surface area contributed by atoms with E-state index in [1.807, 2.05) is 0 Å². The Kier molecular flexibility index (Phi) is 4.65. The van der Waals surface area contributed by atoms with Gasteiger partial charge in [0, 0.05) is 6.54 Å². The lowest BCUT2D eigenvalue weighted by Gasteiger charge is -2.34. The van der Waals surface area contributed by atoms with Crippen molar-refractivity contribution in [2.24, 2.45) is 16.3 Å². The van der Waals surface area contributed by atoms with Crippen molar-refractivity contribution in [1.82, 2.24) is 0 Å². The molecule has 1 aliphatic carbocycles. The fraction of sp³-hybridized carbons (Fsp3) is 0.500. The van der Waals surface area contributed by atoms with Gasteiger partial charge in [0.15, 0.2) is 0 Å². The number of hydrogen-bond donors (Lipinski definition) is 3. The number of carbonyl (C=O) groups is 1. The Balaban J connectivity index is 2.28. The Bertz CT molecular complexity index is 622. The second kappa shape index (κ2) is 6.13. The van der Waals surface area contributed by atoms with Crippen LogP contribution in [0, 0.1) is 5.41 Å². The summed E-state index contributed by atoms with van der Waals surface area (Å²) < 4.78 is 23.1. The Labute approximate surface area is 124 Å². The molecule has 0 aromatic heterocycles. The minimum absolute atomic E-state index is 0.0821. The molecule has 1 aliphatic rings. The summed E-state index contributed by atoms with van der Waals surface area (Å²) in [5.74, 6) is -0.221. The Morgan fingerprint density at radius 1 is 1.19 bits per heavy atom. The number of primary sulfonamides is 1. The summed E-state index contributed by atoms with van der Waals surface area (Å²) in [5.41, 5.74) is 5.42. The molecule has 116 valence electrons. The molecule has 1 aromatic carbocycles. The summed E-state index contributed by atoms with van der Waals surface area (Å²) in [7, 11) is -3.88. The average Bonchev–Trinajstić information content (AvgIpc) is 2.47. The number of nitrogens with two attached hydrogens (primary N) is 2. The highest BCUT2D eigenvalue weighted by molar-refractivity contribution is 7.89. The molecule has 0 atom stereocenters. The van der Waals surface area contributed by atoms with Crippen molar-refractivity contribution in [3.8, 4) is 0 Å². The highest BCUT2D eigenvalue weighted by atomic mass is 32.2. The Morgan fingerprint density at radius 2 is 1.81 bits per heavy atom. The van der Waals surface area contributed by atoms with Crippen LogP contribution in [0.15, 0.2) is 29.2 Å². The molecular weight excluding hydrogens is 290 g/mol. The van der Waals surface area contributed by atoms with Crippen LogP contribution >= 0.6 is 0 Å². The second-order valence-corrected chi connectivity index (χ2v) is 7.07. The fourth-order valence-corrected chi connectivity index (χ4v) is 3.52. The predicted molar refractivity (Wildman–Crippen MR) is 81.0 cm³/mol. The standard InChI is InChI=1S/C14H21N3O3S/c15-10-14(8-4-1-5-9-14)13(18)17-11-6-2-3-7-12(11)21(16,19)20/h2-3,6-7H,1,4-5,8-10,15H2,(H,17,18)(H2,16,19,20). The van der Waals surface area contributed by atoms with Crippen molar-refractivity contribution >= 4 is 21.6 Å². The minimum Gasteiger partial charge on any atom is -0.329 e.